The van der Waals surface area contributed by atoms with Crippen molar-refractivity contribution in [3.8, 4) is 5.75 Å². The fourth-order valence-corrected chi connectivity index (χ4v) is 3.12. The van der Waals surface area contributed by atoms with E-state index in [1.54, 1.807) is 0 Å². The molecule has 0 amide bonds. The number of anilines is 1. The second-order valence-corrected chi connectivity index (χ2v) is 5.80. The molecule has 1 aromatic carbocycles. The summed E-state index contributed by atoms with van der Waals surface area (Å²) in [5.41, 5.74) is 2.77. The first-order valence-corrected chi connectivity index (χ1v) is 7.83. The molecule has 2 aromatic rings. The molecule has 0 N–H and O–H groups in total. The molecule has 0 unspecified atom stereocenters. The summed E-state index contributed by atoms with van der Waals surface area (Å²) in [5, 5.41) is 1.03. The van der Waals surface area contributed by atoms with E-state index in [4.69, 9.17) is 4.74 Å². The summed E-state index contributed by atoms with van der Waals surface area (Å²) in [6, 6.07) is 6.44. The Morgan fingerprint density at radius 2 is 2.25 bits per heavy atom. The van der Waals surface area contributed by atoms with Gasteiger partial charge in [0.05, 0.1) is 6.61 Å². The molecule has 0 radical (unpaired) electrons. The topological polar surface area (TPSA) is 38.2 Å². The normalized spacial score (nSPS) is 14.2. The fourth-order valence-electron chi connectivity index (χ4n) is 2.42. The van der Waals surface area contributed by atoms with Crippen LogP contribution < -0.4 is 9.64 Å². The summed E-state index contributed by atoms with van der Waals surface area (Å²) in [7, 11) is 0. The summed E-state index contributed by atoms with van der Waals surface area (Å²) < 4.78 is 9.97. The van der Waals surface area contributed by atoms with Crippen LogP contribution in [-0.2, 0) is 13.0 Å². The van der Waals surface area contributed by atoms with Crippen LogP contribution in [0.5, 0.6) is 5.75 Å². The van der Waals surface area contributed by atoms with Gasteiger partial charge in [-0.25, -0.2) is 4.98 Å². The molecule has 1 aromatic heterocycles. The van der Waals surface area contributed by atoms with Gasteiger partial charge in [0.1, 0.15) is 11.6 Å². The van der Waals surface area contributed by atoms with Crippen LogP contribution in [0, 0.1) is 6.92 Å². The number of nitrogens with zero attached hydrogens (tertiary/aromatic N) is 3. The van der Waals surface area contributed by atoms with Crippen molar-refractivity contribution in [1.82, 2.24) is 9.36 Å². The van der Waals surface area contributed by atoms with Crippen molar-refractivity contribution in [2.24, 2.45) is 0 Å². The quantitative estimate of drug-likeness (QED) is 0.866. The lowest BCUT2D eigenvalue weighted by atomic mass is 10.00. The molecule has 4 nitrogen and oxygen atoms in total. The van der Waals surface area contributed by atoms with Gasteiger partial charge >= 0.3 is 0 Å². The summed E-state index contributed by atoms with van der Waals surface area (Å²) >= 11 is 1.49. The second kappa shape index (κ2) is 5.79. The predicted octanol–water partition coefficient (Wildman–Crippen LogP) is 3.20. The number of benzene rings is 1. The third-order valence-electron chi connectivity index (χ3n) is 3.45. The van der Waals surface area contributed by atoms with E-state index >= 15 is 0 Å². The van der Waals surface area contributed by atoms with Crippen LogP contribution in [0.1, 0.15) is 30.3 Å². The highest BCUT2D eigenvalue weighted by Gasteiger charge is 2.19. The smallest absolute Gasteiger partial charge is 0.205 e. The standard InChI is InChI=1S/C15H19N3OS/c1-3-8-19-14-5-4-13-10-18(7-6-12(13)9-14)15-16-11(2)17-20-15/h4-5,9H,3,6-8,10H2,1-2H3. The maximum atomic E-state index is 5.70. The van der Waals surface area contributed by atoms with Gasteiger partial charge in [-0.15, -0.1) is 0 Å². The predicted molar refractivity (Wildman–Crippen MR) is 81.6 cm³/mol. The Morgan fingerprint density at radius 1 is 1.35 bits per heavy atom. The summed E-state index contributed by atoms with van der Waals surface area (Å²) in [6.07, 6.45) is 2.08. The van der Waals surface area contributed by atoms with Crippen LogP contribution >= 0.6 is 11.5 Å². The lowest BCUT2D eigenvalue weighted by Crippen LogP contribution is -2.30. The van der Waals surface area contributed by atoms with E-state index in [2.05, 4.69) is 39.4 Å². The van der Waals surface area contributed by atoms with E-state index in [1.165, 1.54) is 22.7 Å². The van der Waals surface area contributed by atoms with Gasteiger partial charge in [-0.05, 0) is 43.0 Å². The molecule has 106 valence electrons. The molecule has 1 aliphatic rings. The first-order valence-electron chi connectivity index (χ1n) is 7.06. The largest absolute Gasteiger partial charge is 0.494 e. The number of aryl methyl sites for hydroxylation is 1. The van der Waals surface area contributed by atoms with Crippen molar-refractivity contribution in [2.45, 2.75) is 33.2 Å². The number of hydrogen-bond donors (Lipinski definition) is 0. The molecule has 20 heavy (non-hydrogen) atoms. The van der Waals surface area contributed by atoms with Crippen LogP contribution in [0.4, 0.5) is 5.13 Å². The van der Waals surface area contributed by atoms with E-state index in [0.717, 1.165) is 49.2 Å². The fraction of sp³-hybridized carbons (Fsp3) is 0.467. The molecule has 0 spiro atoms. The monoisotopic (exact) mass is 289 g/mol. The van der Waals surface area contributed by atoms with Gasteiger partial charge in [-0.2, -0.15) is 4.37 Å². The Labute approximate surface area is 123 Å². The summed E-state index contributed by atoms with van der Waals surface area (Å²) in [6.45, 7) is 6.77. The molecule has 0 fully saturated rings. The minimum Gasteiger partial charge on any atom is -0.494 e. The van der Waals surface area contributed by atoms with E-state index in [9.17, 15) is 0 Å². The zero-order chi connectivity index (χ0) is 13.9. The summed E-state index contributed by atoms with van der Waals surface area (Å²) in [4.78, 5) is 6.78. The SMILES string of the molecule is CCCOc1ccc2c(c1)CCN(c1nc(C)ns1)C2. The molecule has 1 aliphatic heterocycles. The van der Waals surface area contributed by atoms with Crippen molar-refractivity contribution in [3.05, 3.63) is 35.2 Å². The van der Waals surface area contributed by atoms with E-state index < -0.39 is 0 Å². The Bertz CT molecular complexity index is 597. The molecule has 0 saturated heterocycles. The van der Waals surface area contributed by atoms with E-state index in [0.29, 0.717) is 0 Å². The van der Waals surface area contributed by atoms with Crippen molar-refractivity contribution >= 4 is 16.7 Å². The number of rotatable bonds is 4. The Kier molecular flexibility index (Phi) is 3.87. The molecule has 0 bridgehead atoms. The first kappa shape index (κ1) is 13.4. The molecule has 0 aliphatic carbocycles. The molecular weight excluding hydrogens is 270 g/mol. The van der Waals surface area contributed by atoms with Gasteiger partial charge in [-0.3, -0.25) is 0 Å². The maximum Gasteiger partial charge on any atom is 0.205 e. The Morgan fingerprint density at radius 3 is 3.00 bits per heavy atom. The van der Waals surface area contributed by atoms with Crippen LogP contribution in [-0.4, -0.2) is 22.5 Å². The van der Waals surface area contributed by atoms with E-state index in [1.807, 2.05) is 6.92 Å². The highest BCUT2D eigenvalue weighted by molar-refractivity contribution is 7.09. The van der Waals surface area contributed by atoms with Crippen LogP contribution in [0.2, 0.25) is 0 Å². The average molecular weight is 289 g/mol. The lowest BCUT2D eigenvalue weighted by molar-refractivity contribution is 0.317. The van der Waals surface area contributed by atoms with Crippen molar-refractivity contribution in [2.75, 3.05) is 18.1 Å². The third kappa shape index (κ3) is 2.77. The molecular formula is C15H19N3OS. The molecule has 0 atom stereocenters. The number of fused-ring (bicyclic) bond motifs is 1. The third-order valence-corrected chi connectivity index (χ3v) is 4.32. The van der Waals surface area contributed by atoms with Gasteiger partial charge in [0, 0.05) is 24.6 Å². The minimum absolute atomic E-state index is 0.787. The van der Waals surface area contributed by atoms with Gasteiger partial charge in [0.2, 0.25) is 5.13 Å². The maximum absolute atomic E-state index is 5.70. The summed E-state index contributed by atoms with van der Waals surface area (Å²) in [5.74, 6) is 1.85. The van der Waals surface area contributed by atoms with Gasteiger partial charge in [-0.1, -0.05) is 13.0 Å². The van der Waals surface area contributed by atoms with Crippen LogP contribution in [0.15, 0.2) is 18.2 Å². The van der Waals surface area contributed by atoms with Crippen LogP contribution in [0.3, 0.4) is 0 Å². The van der Waals surface area contributed by atoms with Gasteiger partial charge in [0.15, 0.2) is 0 Å². The Balaban J connectivity index is 1.75. The zero-order valence-corrected chi connectivity index (χ0v) is 12.7. The van der Waals surface area contributed by atoms with Crippen molar-refractivity contribution in [1.29, 1.82) is 0 Å². The zero-order valence-electron chi connectivity index (χ0n) is 11.9. The van der Waals surface area contributed by atoms with Gasteiger partial charge < -0.3 is 9.64 Å². The number of aromatic nitrogens is 2. The highest BCUT2D eigenvalue weighted by atomic mass is 32.1. The van der Waals surface area contributed by atoms with Crippen molar-refractivity contribution in [3.63, 3.8) is 0 Å². The second-order valence-electron chi connectivity index (χ2n) is 5.07. The minimum atomic E-state index is 0.787. The Hall–Kier alpha value is -1.62. The van der Waals surface area contributed by atoms with E-state index in [-0.39, 0.29) is 0 Å². The molecule has 2 heterocycles. The number of ether oxygens (including phenoxy) is 1. The molecule has 3 rings (SSSR count). The van der Waals surface area contributed by atoms with Crippen molar-refractivity contribution < 1.29 is 4.74 Å². The molecule has 5 heteroatoms. The first-order chi connectivity index (χ1) is 9.76. The molecule has 0 saturated carbocycles. The van der Waals surface area contributed by atoms with Gasteiger partial charge in [0.25, 0.3) is 0 Å². The highest BCUT2D eigenvalue weighted by Crippen LogP contribution is 2.28. The lowest BCUT2D eigenvalue weighted by Gasteiger charge is -2.28. The number of hydrogen-bond acceptors (Lipinski definition) is 5. The van der Waals surface area contributed by atoms with Crippen LogP contribution in [0.25, 0.3) is 0 Å². The average Bonchev–Trinajstić information content (AvgIpc) is 2.91.